The van der Waals surface area contributed by atoms with Gasteiger partial charge in [-0.3, -0.25) is 0 Å². The molecule has 1 aromatic carbocycles. The van der Waals surface area contributed by atoms with Gasteiger partial charge in [0.1, 0.15) is 0 Å². The van der Waals surface area contributed by atoms with Crippen LogP contribution in [0.5, 0.6) is 0 Å². The molecule has 0 unspecified atom stereocenters. The molecule has 4 N–H and O–H groups in total. The number of nitrogens with one attached hydrogen (secondary N) is 1. The number of aliphatic hydroxyl groups is 3. The van der Waals surface area contributed by atoms with Crippen molar-refractivity contribution >= 4 is 0 Å². The van der Waals surface area contributed by atoms with Crippen molar-refractivity contribution in [2.45, 2.75) is 37.1 Å². The van der Waals surface area contributed by atoms with E-state index >= 15 is 0 Å². The Kier molecular flexibility index (Phi) is 3.35. The Labute approximate surface area is 113 Å². The average molecular weight is 263 g/mol. The van der Waals surface area contributed by atoms with E-state index in [0.29, 0.717) is 6.54 Å². The summed E-state index contributed by atoms with van der Waals surface area (Å²) in [5.74, 6) is 0.116. The maximum absolute atomic E-state index is 10.2. The van der Waals surface area contributed by atoms with E-state index in [1.54, 1.807) is 0 Å². The normalized spacial score (nSPS) is 40.8. The van der Waals surface area contributed by atoms with Crippen LogP contribution < -0.4 is 5.32 Å². The summed E-state index contributed by atoms with van der Waals surface area (Å²) in [7, 11) is 0. The molecule has 104 valence electrons. The molecule has 1 aromatic rings. The fourth-order valence-electron chi connectivity index (χ4n) is 3.81. The first kappa shape index (κ1) is 13.1. The number of aliphatic hydroxyl groups excluding tert-OH is 3. The van der Waals surface area contributed by atoms with Crippen LogP contribution in [0.3, 0.4) is 0 Å². The van der Waals surface area contributed by atoms with Gasteiger partial charge >= 0.3 is 0 Å². The molecule has 4 nitrogen and oxygen atoms in total. The highest BCUT2D eigenvalue weighted by molar-refractivity contribution is 5.19. The summed E-state index contributed by atoms with van der Waals surface area (Å²) in [6.07, 6.45) is 0.0327. The lowest BCUT2D eigenvalue weighted by Crippen LogP contribution is -2.55. The van der Waals surface area contributed by atoms with Gasteiger partial charge in [0.2, 0.25) is 0 Å². The van der Waals surface area contributed by atoms with Crippen molar-refractivity contribution in [2.75, 3.05) is 6.61 Å². The van der Waals surface area contributed by atoms with Gasteiger partial charge in [-0.25, -0.2) is 0 Å². The van der Waals surface area contributed by atoms with E-state index in [9.17, 15) is 15.3 Å². The minimum absolute atomic E-state index is 0.0169. The molecular weight excluding hydrogens is 242 g/mol. The molecule has 0 saturated heterocycles. The van der Waals surface area contributed by atoms with Crippen molar-refractivity contribution in [1.29, 1.82) is 0 Å². The van der Waals surface area contributed by atoms with Crippen molar-refractivity contribution in [2.24, 2.45) is 11.8 Å². The van der Waals surface area contributed by atoms with Crippen molar-refractivity contribution in [3.05, 3.63) is 35.9 Å². The van der Waals surface area contributed by atoms with E-state index in [-0.39, 0.29) is 18.4 Å². The first-order valence-corrected chi connectivity index (χ1v) is 6.92. The molecule has 19 heavy (non-hydrogen) atoms. The molecule has 5 atom stereocenters. The van der Waals surface area contributed by atoms with E-state index in [0.717, 1.165) is 18.4 Å². The maximum Gasteiger partial charge on any atom is 0.0983 e. The molecule has 0 amide bonds. The van der Waals surface area contributed by atoms with Crippen LogP contribution in [0.2, 0.25) is 0 Å². The number of fused-ring (bicyclic) bond motifs is 2. The second-order valence-corrected chi connectivity index (χ2v) is 5.95. The predicted octanol–water partition coefficient (Wildman–Crippen LogP) is 0.269. The first-order valence-electron chi connectivity index (χ1n) is 6.92. The number of rotatable bonds is 4. The quantitative estimate of drug-likeness (QED) is 0.629. The smallest absolute Gasteiger partial charge is 0.0983 e. The van der Waals surface area contributed by atoms with Crippen LogP contribution in [0.25, 0.3) is 0 Å². The van der Waals surface area contributed by atoms with E-state index in [2.05, 4.69) is 5.32 Å². The Morgan fingerprint density at radius 1 is 1.16 bits per heavy atom. The second kappa shape index (κ2) is 4.87. The standard InChI is InChI=1S/C15H21NO3/c17-9-11-6-15(7-12(11)13(18)14(15)19)16-8-10-4-2-1-3-5-10/h1-5,11-14,16-19H,6-9H2/t11-,12+,13+,14-,15-/m1/s1. The van der Waals surface area contributed by atoms with Crippen LogP contribution in [0.15, 0.2) is 30.3 Å². The second-order valence-electron chi connectivity index (χ2n) is 5.95. The highest BCUT2D eigenvalue weighted by Crippen LogP contribution is 2.51. The van der Waals surface area contributed by atoms with Crippen molar-refractivity contribution < 1.29 is 15.3 Å². The third-order valence-corrected chi connectivity index (χ3v) is 4.88. The van der Waals surface area contributed by atoms with Gasteiger partial charge in [-0.1, -0.05) is 30.3 Å². The molecule has 3 rings (SSSR count). The Hall–Kier alpha value is -0.940. The molecule has 0 spiro atoms. The van der Waals surface area contributed by atoms with Gasteiger partial charge < -0.3 is 20.6 Å². The molecule has 0 aliphatic heterocycles. The van der Waals surface area contributed by atoms with Crippen LogP contribution >= 0.6 is 0 Å². The summed E-state index contributed by atoms with van der Waals surface area (Å²) >= 11 is 0. The van der Waals surface area contributed by atoms with Gasteiger partial charge in [-0.05, 0) is 30.2 Å². The molecule has 2 aliphatic carbocycles. The Morgan fingerprint density at radius 3 is 2.58 bits per heavy atom. The van der Waals surface area contributed by atoms with Crippen LogP contribution in [0.4, 0.5) is 0 Å². The highest BCUT2D eigenvalue weighted by Gasteiger charge is 2.60. The fraction of sp³-hybridized carbons (Fsp3) is 0.600. The zero-order valence-electron chi connectivity index (χ0n) is 10.9. The zero-order chi connectivity index (χ0) is 13.5. The lowest BCUT2D eigenvalue weighted by molar-refractivity contribution is -0.0581. The summed E-state index contributed by atoms with van der Waals surface area (Å²) in [6, 6.07) is 10.0. The van der Waals surface area contributed by atoms with E-state index in [4.69, 9.17) is 0 Å². The van der Waals surface area contributed by atoms with Crippen molar-refractivity contribution in [1.82, 2.24) is 5.32 Å². The predicted molar refractivity (Wildman–Crippen MR) is 71.3 cm³/mol. The fourth-order valence-corrected chi connectivity index (χ4v) is 3.81. The summed E-state index contributed by atoms with van der Waals surface area (Å²) in [6.45, 7) is 0.763. The molecule has 0 aromatic heterocycles. The Balaban J connectivity index is 1.72. The van der Waals surface area contributed by atoms with Gasteiger partial charge in [0, 0.05) is 18.7 Å². The molecule has 2 saturated carbocycles. The molecule has 4 heteroatoms. The summed E-state index contributed by atoms with van der Waals surface area (Å²) < 4.78 is 0. The highest BCUT2D eigenvalue weighted by atomic mass is 16.3. The monoisotopic (exact) mass is 263 g/mol. The molecule has 0 heterocycles. The number of benzene rings is 1. The lowest BCUT2D eigenvalue weighted by Gasteiger charge is -2.37. The SMILES string of the molecule is OC[C@H]1C[C@@]2(NCc3ccccc3)C[C@@H]1[C@H](O)[C@H]2O. The van der Waals surface area contributed by atoms with Crippen LogP contribution in [0, 0.1) is 11.8 Å². The van der Waals surface area contributed by atoms with Gasteiger partial charge in [-0.2, -0.15) is 0 Å². The molecule has 0 radical (unpaired) electrons. The number of hydrogen-bond acceptors (Lipinski definition) is 4. The van der Waals surface area contributed by atoms with Gasteiger partial charge in [0.25, 0.3) is 0 Å². The lowest BCUT2D eigenvalue weighted by atomic mass is 9.82. The third kappa shape index (κ3) is 2.09. The molecule has 2 aliphatic rings. The van der Waals surface area contributed by atoms with Crippen LogP contribution in [-0.4, -0.2) is 39.7 Å². The Bertz CT molecular complexity index is 432. The summed E-state index contributed by atoms with van der Waals surface area (Å²) in [4.78, 5) is 0. The minimum Gasteiger partial charge on any atom is -0.396 e. The van der Waals surface area contributed by atoms with Gasteiger partial charge in [0.15, 0.2) is 0 Å². The van der Waals surface area contributed by atoms with Gasteiger partial charge in [0.05, 0.1) is 12.2 Å². The average Bonchev–Trinajstić information content (AvgIpc) is 2.94. The minimum atomic E-state index is -0.732. The van der Waals surface area contributed by atoms with E-state index in [1.807, 2.05) is 30.3 Å². The summed E-state index contributed by atoms with van der Waals surface area (Å²) in [5.41, 5.74) is 0.724. The topological polar surface area (TPSA) is 72.7 Å². The molecule has 2 bridgehead atoms. The van der Waals surface area contributed by atoms with Crippen LogP contribution in [0.1, 0.15) is 18.4 Å². The summed E-state index contributed by atoms with van der Waals surface area (Å²) in [5, 5.41) is 33.1. The Morgan fingerprint density at radius 2 is 1.89 bits per heavy atom. The van der Waals surface area contributed by atoms with Crippen molar-refractivity contribution in [3.8, 4) is 0 Å². The van der Waals surface area contributed by atoms with E-state index in [1.165, 1.54) is 0 Å². The van der Waals surface area contributed by atoms with E-state index < -0.39 is 17.7 Å². The van der Waals surface area contributed by atoms with Crippen molar-refractivity contribution in [3.63, 3.8) is 0 Å². The third-order valence-electron chi connectivity index (χ3n) is 4.88. The molecule has 2 fully saturated rings. The van der Waals surface area contributed by atoms with Crippen LogP contribution in [-0.2, 0) is 6.54 Å². The zero-order valence-corrected chi connectivity index (χ0v) is 10.9. The maximum atomic E-state index is 10.2. The largest absolute Gasteiger partial charge is 0.396 e. The first-order chi connectivity index (χ1) is 9.16. The number of hydrogen-bond donors (Lipinski definition) is 4. The molecular formula is C15H21NO3. The van der Waals surface area contributed by atoms with Gasteiger partial charge in [-0.15, -0.1) is 0 Å².